The molecule has 5 aliphatic carbocycles. The molecule has 3 aromatic rings. The van der Waals surface area contributed by atoms with Gasteiger partial charge in [0, 0.05) is 28.9 Å². The molecule has 0 aliphatic heterocycles. The van der Waals surface area contributed by atoms with Gasteiger partial charge in [-0.05, 0) is 98.4 Å². The zero-order valence-electron chi connectivity index (χ0n) is 21.6. The van der Waals surface area contributed by atoms with Crippen LogP contribution in [0.2, 0.25) is 0 Å². The normalized spacial score (nSPS) is 28.8. The van der Waals surface area contributed by atoms with Gasteiger partial charge in [0.2, 0.25) is 5.91 Å². The zero-order valence-corrected chi connectivity index (χ0v) is 21.6. The lowest BCUT2D eigenvalue weighted by Crippen LogP contribution is -2.51. The number of hydrogen-bond acceptors (Lipinski definition) is 3. The zero-order chi connectivity index (χ0) is 24.8. The Balaban J connectivity index is 1.06. The summed E-state index contributed by atoms with van der Waals surface area (Å²) in [5.74, 6) is 4.85. The minimum atomic E-state index is 0.163. The van der Waals surface area contributed by atoms with Crippen LogP contribution < -0.4 is 10.6 Å². The molecule has 1 amide bonds. The Morgan fingerprint density at radius 1 is 0.838 bits per heavy atom. The van der Waals surface area contributed by atoms with E-state index in [4.69, 9.17) is 4.98 Å². The molecule has 0 saturated heterocycles. The number of benzene rings is 2. The van der Waals surface area contributed by atoms with E-state index in [0.717, 1.165) is 64.8 Å². The number of nitrogens with zero attached hydrogens (tertiary/aromatic N) is 1. The number of aromatic nitrogens is 2. The van der Waals surface area contributed by atoms with Gasteiger partial charge < -0.3 is 15.6 Å². The van der Waals surface area contributed by atoms with Crippen molar-refractivity contribution in [3.63, 3.8) is 0 Å². The first kappa shape index (κ1) is 23.1. The summed E-state index contributed by atoms with van der Waals surface area (Å²) in [6.45, 7) is 0. The van der Waals surface area contributed by atoms with Crippen molar-refractivity contribution in [2.24, 2.45) is 29.6 Å². The van der Waals surface area contributed by atoms with Gasteiger partial charge >= 0.3 is 0 Å². The second kappa shape index (κ2) is 9.66. The molecule has 0 atom stereocenters. The molecule has 37 heavy (non-hydrogen) atoms. The molecule has 0 spiro atoms. The summed E-state index contributed by atoms with van der Waals surface area (Å²) in [6, 6.07) is 17.3. The molecule has 5 aliphatic rings. The third kappa shape index (κ3) is 4.58. The second-order valence-electron chi connectivity index (χ2n) is 12.2. The van der Waals surface area contributed by atoms with E-state index in [1.54, 1.807) is 0 Å². The van der Waals surface area contributed by atoms with Gasteiger partial charge in [0.25, 0.3) is 0 Å². The molecule has 1 aromatic heterocycles. The summed E-state index contributed by atoms with van der Waals surface area (Å²) in [7, 11) is 0. The van der Waals surface area contributed by atoms with E-state index < -0.39 is 0 Å². The molecule has 0 unspecified atom stereocenters. The van der Waals surface area contributed by atoms with Crippen molar-refractivity contribution in [1.82, 2.24) is 9.97 Å². The number of anilines is 2. The monoisotopic (exact) mass is 494 g/mol. The van der Waals surface area contributed by atoms with Crippen LogP contribution in [0.4, 0.5) is 11.4 Å². The number of amides is 1. The topological polar surface area (TPSA) is 69.8 Å². The number of carbonyl (C=O) groups is 1. The molecule has 192 valence electrons. The van der Waals surface area contributed by atoms with Crippen molar-refractivity contribution in [2.75, 3.05) is 10.6 Å². The molecular weight excluding hydrogens is 456 g/mol. The van der Waals surface area contributed by atoms with Crippen LogP contribution in [0.3, 0.4) is 0 Å². The lowest BCUT2D eigenvalue weighted by Gasteiger charge is -2.54. The number of H-pyrrole nitrogens is 1. The third-order valence-electron chi connectivity index (χ3n) is 9.75. The van der Waals surface area contributed by atoms with Crippen molar-refractivity contribution >= 4 is 17.3 Å². The molecule has 1 heterocycles. The molecule has 5 saturated carbocycles. The van der Waals surface area contributed by atoms with Crippen LogP contribution in [0.25, 0.3) is 22.6 Å². The largest absolute Gasteiger partial charge is 0.381 e. The lowest BCUT2D eigenvalue weighted by atomic mass is 9.54. The van der Waals surface area contributed by atoms with E-state index in [0.29, 0.717) is 6.04 Å². The van der Waals surface area contributed by atoms with E-state index in [-0.39, 0.29) is 11.8 Å². The lowest BCUT2D eigenvalue weighted by molar-refractivity contribution is -0.120. The number of para-hydroxylation sites is 1. The van der Waals surface area contributed by atoms with Gasteiger partial charge in [0.1, 0.15) is 5.82 Å². The maximum atomic E-state index is 12.6. The van der Waals surface area contributed by atoms with Crippen molar-refractivity contribution in [2.45, 2.75) is 70.3 Å². The Morgan fingerprint density at radius 3 is 2.27 bits per heavy atom. The van der Waals surface area contributed by atoms with Gasteiger partial charge in [-0.1, -0.05) is 43.5 Å². The number of carbonyl (C=O) groups excluding carboxylic acids is 1. The molecule has 5 nitrogen and oxygen atoms in total. The Kier molecular flexibility index (Phi) is 6.02. The van der Waals surface area contributed by atoms with E-state index in [1.165, 1.54) is 57.1 Å². The molecule has 4 bridgehead atoms. The van der Waals surface area contributed by atoms with Gasteiger partial charge in [-0.2, -0.15) is 0 Å². The van der Waals surface area contributed by atoms with Crippen molar-refractivity contribution in [1.29, 1.82) is 0 Å². The Bertz CT molecular complexity index is 1230. The fourth-order valence-corrected chi connectivity index (χ4v) is 8.10. The first-order chi connectivity index (χ1) is 18.2. The summed E-state index contributed by atoms with van der Waals surface area (Å²) < 4.78 is 0. The quantitative estimate of drug-likeness (QED) is 0.332. The summed E-state index contributed by atoms with van der Waals surface area (Å²) in [5, 5.41) is 7.11. The maximum Gasteiger partial charge on any atom is 0.227 e. The molecule has 3 N–H and O–H groups in total. The predicted octanol–water partition coefficient (Wildman–Crippen LogP) is 7.50. The highest BCUT2D eigenvalue weighted by Crippen LogP contribution is 2.54. The van der Waals surface area contributed by atoms with Crippen LogP contribution in [0, 0.1) is 29.6 Å². The van der Waals surface area contributed by atoms with Gasteiger partial charge in [0.15, 0.2) is 0 Å². The number of hydrogen-bond donors (Lipinski definition) is 3. The Morgan fingerprint density at radius 2 is 1.54 bits per heavy atom. The highest BCUT2D eigenvalue weighted by atomic mass is 16.1. The van der Waals surface area contributed by atoms with Crippen molar-refractivity contribution in [3.05, 3.63) is 54.7 Å². The van der Waals surface area contributed by atoms with Crippen LogP contribution in [0.5, 0.6) is 0 Å². The van der Waals surface area contributed by atoms with Crippen molar-refractivity contribution < 1.29 is 4.79 Å². The number of imidazole rings is 1. The smallest absolute Gasteiger partial charge is 0.227 e. The predicted molar refractivity (Wildman–Crippen MR) is 149 cm³/mol. The van der Waals surface area contributed by atoms with E-state index in [9.17, 15) is 4.79 Å². The Labute approximate surface area is 219 Å². The SMILES string of the molecule is O=C(Nc1ccc(-c2cnc(-c3ccccc3NC3C4CC5CC(C4)CC3C5)[nH]2)cc1)C1CCCCC1. The average Bonchev–Trinajstić information content (AvgIpc) is 3.42. The third-order valence-corrected chi connectivity index (χ3v) is 9.75. The minimum Gasteiger partial charge on any atom is -0.381 e. The minimum absolute atomic E-state index is 0.163. The summed E-state index contributed by atoms with van der Waals surface area (Å²) in [5.41, 5.74) is 5.26. The molecule has 5 heteroatoms. The molecule has 5 fully saturated rings. The molecule has 0 radical (unpaired) electrons. The van der Waals surface area contributed by atoms with Crippen LogP contribution in [0.1, 0.15) is 64.2 Å². The maximum absolute atomic E-state index is 12.6. The van der Waals surface area contributed by atoms with Gasteiger partial charge in [-0.15, -0.1) is 0 Å². The molecular formula is C32H38N4O. The van der Waals surface area contributed by atoms with Gasteiger partial charge in [0.05, 0.1) is 11.9 Å². The summed E-state index contributed by atoms with van der Waals surface area (Å²) in [6.07, 6.45) is 14.7. The fraction of sp³-hybridized carbons (Fsp3) is 0.500. The summed E-state index contributed by atoms with van der Waals surface area (Å²) in [4.78, 5) is 20.9. The number of aromatic amines is 1. The fourth-order valence-electron chi connectivity index (χ4n) is 8.10. The van der Waals surface area contributed by atoms with E-state index in [1.807, 2.05) is 18.3 Å². The van der Waals surface area contributed by atoms with Crippen LogP contribution in [0.15, 0.2) is 54.7 Å². The molecule has 2 aromatic carbocycles. The first-order valence-corrected chi connectivity index (χ1v) is 14.5. The Hall–Kier alpha value is -3.08. The van der Waals surface area contributed by atoms with E-state index >= 15 is 0 Å². The summed E-state index contributed by atoms with van der Waals surface area (Å²) >= 11 is 0. The highest BCUT2D eigenvalue weighted by Gasteiger charge is 2.48. The van der Waals surface area contributed by atoms with E-state index in [2.05, 4.69) is 52.0 Å². The van der Waals surface area contributed by atoms with Crippen molar-refractivity contribution in [3.8, 4) is 22.6 Å². The number of nitrogens with one attached hydrogen (secondary N) is 3. The van der Waals surface area contributed by atoms with Gasteiger partial charge in [-0.3, -0.25) is 4.79 Å². The standard InChI is InChI=1S/C32H38N4O/c37-32(23-6-2-1-3-7-23)34-26-12-10-22(11-13-26)29-19-33-31(36-29)27-8-4-5-9-28(27)35-30-24-15-20-14-21(17-24)18-25(30)16-20/h4-5,8-13,19-21,23-25,30,35H,1-3,6-7,14-18H2,(H,33,36)(H,34,37). The second-order valence-corrected chi connectivity index (χ2v) is 12.2. The van der Waals surface area contributed by atoms with Crippen LogP contribution >= 0.6 is 0 Å². The molecule has 8 rings (SSSR count). The number of rotatable bonds is 6. The first-order valence-electron chi connectivity index (χ1n) is 14.5. The highest BCUT2D eigenvalue weighted by molar-refractivity contribution is 5.92. The van der Waals surface area contributed by atoms with Crippen LogP contribution in [-0.4, -0.2) is 21.9 Å². The van der Waals surface area contributed by atoms with Gasteiger partial charge in [-0.25, -0.2) is 4.98 Å². The van der Waals surface area contributed by atoms with Crippen LogP contribution in [-0.2, 0) is 4.79 Å². The average molecular weight is 495 g/mol.